The van der Waals surface area contributed by atoms with Crippen molar-refractivity contribution >= 4 is 15.9 Å². The molecule has 2 fully saturated rings. The minimum absolute atomic E-state index is 0.00192. The molecular weight excluding hydrogens is 476 g/mol. The van der Waals surface area contributed by atoms with Crippen LogP contribution in [0.1, 0.15) is 26.3 Å². The second-order valence-corrected chi connectivity index (χ2v) is 8.77. The summed E-state index contributed by atoms with van der Waals surface area (Å²) in [5.74, 6) is -0.235. The number of methoxy groups -OCH3 is 1. The number of fused-ring (bicyclic) bond motifs is 1. The first-order chi connectivity index (χ1) is 14.8. The second-order valence-electron chi connectivity index (χ2n) is 7.91. The molecule has 0 amide bonds. The SMILES string of the molecule is C#CC[C@H]1O[C@@H]2COC(C)(C)O[C@@H]2C(n2cc(-c3ccc(Br)c(F)c3F)nn2)[C@H]1OC. The first kappa shape index (κ1) is 22.3. The first-order valence-electron chi connectivity index (χ1n) is 9.75. The summed E-state index contributed by atoms with van der Waals surface area (Å²) < 4.78 is 53.9. The Morgan fingerprint density at radius 1 is 1.35 bits per heavy atom. The second kappa shape index (κ2) is 8.56. The highest BCUT2D eigenvalue weighted by atomic mass is 79.9. The summed E-state index contributed by atoms with van der Waals surface area (Å²) in [6.07, 6.45) is 5.57. The van der Waals surface area contributed by atoms with Crippen molar-refractivity contribution in [3.05, 3.63) is 34.4 Å². The van der Waals surface area contributed by atoms with E-state index in [1.54, 1.807) is 18.0 Å². The van der Waals surface area contributed by atoms with E-state index in [0.717, 1.165) is 0 Å². The van der Waals surface area contributed by atoms with Crippen molar-refractivity contribution in [2.75, 3.05) is 13.7 Å². The van der Waals surface area contributed by atoms with Crippen LogP contribution in [0.4, 0.5) is 8.78 Å². The highest BCUT2D eigenvalue weighted by molar-refractivity contribution is 9.10. The van der Waals surface area contributed by atoms with E-state index in [9.17, 15) is 8.78 Å². The molecule has 2 aliphatic rings. The molecule has 2 saturated heterocycles. The zero-order valence-electron chi connectivity index (χ0n) is 17.2. The number of rotatable bonds is 4. The van der Waals surface area contributed by atoms with Crippen LogP contribution in [0.5, 0.6) is 0 Å². The van der Waals surface area contributed by atoms with Crippen molar-refractivity contribution in [3.63, 3.8) is 0 Å². The molecule has 1 aromatic carbocycles. The van der Waals surface area contributed by atoms with Crippen molar-refractivity contribution in [3.8, 4) is 23.6 Å². The van der Waals surface area contributed by atoms with Crippen LogP contribution in [0.15, 0.2) is 22.8 Å². The van der Waals surface area contributed by atoms with Gasteiger partial charge in [0.25, 0.3) is 0 Å². The monoisotopic (exact) mass is 497 g/mol. The van der Waals surface area contributed by atoms with E-state index in [1.165, 1.54) is 12.1 Å². The van der Waals surface area contributed by atoms with Crippen LogP contribution in [-0.2, 0) is 18.9 Å². The lowest BCUT2D eigenvalue weighted by molar-refractivity contribution is -0.349. The molecule has 0 aliphatic carbocycles. The van der Waals surface area contributed by atoms with Crippen LogP contribution in [0.3, 0.4) is 0 Å². The quantitative estimate of drug-likeness (QED) is 0.475. The fourth-order valence-corrected chi connectivity index (χ4v) is 4.38. The average Bonchev–Trinajstić information content (AvgIpc) is 3.20. The van der Waals surface area contributed by atoms with Gasteiger partial charge in [-0.3, -0.25) is 0 Å². The van der Waals surface area contributed by atoms with Gasteiger partial charge >= 0.3 is 0 Å². The molecule has 0 radical (unpaired) electrons. The Bertz CT molecular complexity index is 1010. The molecule has 166 valence electrons. The predicted octanol–water partition coefficient (Wildman–Crippen LogP) is 3.48. The van der Waals surface area contributed by atoms with Crippen LogP contribution in [-0.4, -0.2) is 58.9 Å². The smallest absolute Gasteiger partial charge is 0.173 e. The van der Waals surface area contributed by atoms with Crippen molar-refractivity contribution in [1.82, 2.24) is 15.0 Å². The molecule has 1 unspecified atom stereocenters. The van der Waals surface area contributed by atoms with Gasteiger partial charge in [-0.25, -0.2) is 13.5 Å². The number of halogens is 3. The third-order valence-electron chi connectivity index (χ3n) is 5.49. The Balaban J connectivity index is 1.74. The number of nitrogens with zero attached hydrogens (tertiary/aromatic N) is 3. The van der Waals surface area contributed by atoms with Crippen LogP contribution in [0, 0.1) is 24.0 Å². The van der Waals surface area contributed by atoms with Gasteiger partial charge in [0, 0.05) is 19.1 Å². The Kier molecular flexibility index (Phi) is 6.16. The maximum Gasteiger partial charge on any atom is 0.173 e. The molecule has 3 heterocycles. The van der Waals surface area contributed by atoms with E-state index in [2.05, 4.69) is 32.2 Å². The van der Waals surface area contributed by atoms with Gasteiger partial charge < -0.3 is 18.9 Å². The van der Waals surface area contributed by atoms with Gasteiger partial charge in [0.1, 0.15) is 30.0 Å². The standard InChI is InChI=1S/C21H22BrF2N3O4/c1-5-6-14-19(28-4)18(20-15(30-14)10-29-21(2,3)31-20)27-9-13(25-26-27)11-7-8-12(22)17(24)16(11)23/h1,7-9,14-15,18-20H,6,10H2,2-4H3/t14-,15-,18?,19+,20+/m1/s1. The zero-order chi connectivity index (χ0) is 22.3. The molecule has 10 heteroatoms. The molecule has 4 rings (SSSR count). The summed E-state index contributed by atoms with van der Waals surface area (Å²) >= 11 is 2.98. The van der Waals surface area contributed by atoms with Crippen molar-refractivity contribution in [2.24, 2.45) is 0 Å². The molecular formula is C21H22BrF2N3O4. The third kappa shape index (κ3) is 4.13. The van der Waals surface area contributed by atoms with Crippen molar-refractivity contribution < 1.29 is 27.7 Å². The number of hydrogen-bond donors (Lipinski definition) is 0. The van der Waals surface area contributed by atoms with E-state index < -0.39 is 47.9 Å². The molecule has 0 N–H and O–H groups in total. The summed E-state index contributed by atoms with van der Waals surface area (Å²) in [5.41, 5.74) is 0.180. The molecule has 0 saturated carbocycles. The Labute approximate surface area is 187 Å². The number of ether oxygens (including phenoxy) is 4. The fourth-order valence-electron chi connectivity index (χ4n) is 4.07. The lowest BCUT2D eigenvalue weighted by Gasteiger charge is -2.50. The van der Waals surface area contributed by atoms with Gasteiger partial charge in [0.05, 0.1) is 23.4 Å². The molecule has 0 spiro atoms. The van der Waals surface area contributed by atoms with E-state index >= 15 is 0 Å². The Hall–Kier alpha value is -1.90. The van der Waals surface area contributed by atoms with Gasteiger partial charge in [-0.2, -0.15) is 0 Å². The average molecular weight is 498 g/mol. The van der Waals surface area contributed by atoms with E-state index in [-0.39, 0.29) is 15.7 Å². The van der Waals surface area contributed by atoms with Crippen molar-refractivity contribution in [2.45, 2.75) is 56.5 Å². The topological polar surface area (TPSA) is 67.6 Å². The molecule has 2 aromatic rings. The minimum atomic E-state index is -1.01. The van der Waals surface area contributed by atoms with Gasteiger partial charge in [0.15, 0.2) is 17.4 Å². The largest absolute Gasteiger partial charge is 0.376 e. The number of terminal acetylenes is 1. The highest BCUT2D eigenvalue weighted by Gasteiger charge is 2.52. The highest BCUT2D eigenvalue weighted by Crippen LogP contribution is 2.40. The van der Waals surface area contributed by atoms with Gasteiger partial charge in [-0.15, -0.1) is 17.4 Å². The molecule has 5 atom stereocenters. The summed E-state index contributed by atoms with van der Waals surface area (Å²) in [6, 6.07) is 2.38. The molecule has 7 nitrogen and oxygen atoms in total. The molecule has 1 aromatic heterocycles. The molecule has 0 bridgehead atoms. The number of aromatic nitrogens is 3. The van der Waals surface area contributed by atoms with Crippen LogP contribution in [0.25, 0.3) is 11.3 Å². The van der Waals surface area contributed by atoms with E-state index in [1.807, 2.05) is 13.8 Å². The molecule has 31 heavy (non-hydrogen) atoms. The number of benzene rings is 1. The van der Waals surface area contributed by atoms with Crippen LogP contribution < -0.4 is 0 Å². The van der Waals surface area contributed by atoms with Crippen molar-refractivity contribution in [1.29, 1.82) is 0 Å². The fraction of sp³-hybridized carbons (Fsp3) is 0.524. The minimum Gasteiger partial charge on any atom is -0.376 e. The zero-order valence-corrected chi connectivity index (χ0v) is 18.8. The van der Waals surface area contributed by atoms with Gasteiger partial charge in [0.2, 0.25) is 0 Å². The molecule has 2 aliphatic heterocycles. The maximum absolute atomic E-state index is 14.5. The predicted molar refractivity (Wildman–Crippen MR) is 110 cm³/mol. The Morgan fingerprint density at radius 3 is 2.84 bits per heavy atom. The lowest BCUT2D eigenvalue weighted by atomic mass is 9.90. The summed E-state index contributed by atoms with van der Waals surface area (Å²) in [7, 11) is 1.55. The van der Waals surface area contributed by atoms with Gasteiger partial charge in [-0.05, 0) is 41.9 Å². The van der Waals surface area contributed by atoms with E-state index in [0.29, 0.717) is 13.0 Å². The first-order valence-corrected chi connectivity index (χ1v) is 10.5. The third-order valence-corrected chi connectivity index (χ3v) is 6.10. The maximum atomic E-state index is 14.5. The lowest BCUT2D eigenvalue weighted by Crippen LogP contribution is -2.62. The van der Waals surface area contributed by atoms with Crippen LogP contribution >= 0.6 is 15.9 Å². The number of hydrogen-bond acceptors (Lipinski definition) is 6. The van der Waals surface area contributed by atoms with Gasteiger partial charge in [-0.1, -0.05) is 5.21 Å². The normalized spacial score (nSPS) is 29.9. The van der Waals surface area contributed by atoms with E-state index in [4.69, 9.17) is 25.4 Å². The summed E-state index contributed by atoms with van der Waals surface area (Å²) in [6.45, 7) is 3.92. The van der Waals surface area contributed by atoms with Crippen LogP contribution in [0.2, 0.25) is 0 Å². The summed E-state index contributed by atoms with van der Waals surface area (Å²) in [4.78, 5) is 0. The summed E-state index contributed by atoms with van der Waals surface area (Å²) in [5, 5.41) is 8.27. The Morgan fingerprint density at radius 2 is 2.13 bits per heavy atom.